The number of nitrogens with one attached hydrogen (secondary N) is 1. The summed E-state index contributed by atoms with van der Waals surface area (Å²) in [7, 11) is 0. The molecule has 5 heteroatoms. The minimum absolute atomic E-state index is 0.106. The summed E-state index contributed by atoms with van der Waals surface area (Å²) in [6.45, 7) is 2.02. The van der Waals surface area contributed by atoms with Crippen molar-refractivity contribution in [2.45, 2.75) is 25.8 Å². The van der Waals surface area contributed by atoms with Crippen LogP contribution in [0.5, 0.6) is 0 Å². The van der Waals surface area contributed by atoms with Crippen LogP contribution in [-0.2, 0) is 4.79 Å². The number of benzene rings is 1. The highest BCUT2D eigenvalue weighted by Crippen LogP contribution is 2.34. The van der Waals surface area contributed by atoms with Crippen LogP contribution in [0.15, 0.2) is 41.8 Å². The van der Waals surface area contributed by atoms with Crippen molar-refractivity contribution in [3.05, 3.63) is 46.7 Å². The van der Waals surface area contributed by atoms with Gasteiger partial charge in [-0.2, -0.15) is 0 Å². The number of anilines is 2. The molecule has 0 saturated heterocycles. The molecule has 3 rings (SSSR count). The minimum Gasteiger partial charge on any atom is -0.322 e. The van der Waals surface area contributed by atoms with Crippen molar-refractivity contribution in [1.29, 1.82) is 0 Å². The Balaban J connectivity index is 2.07. The van der Waals surface area contributed by atoms with E-state index in [0.717, 1.165) is 12.1 Å². The van der Waals surface area contributed by atoms with E-state index in [1.54, 1.807) is 11.0 Å². The lowest BCUT2D eigenvalue weighted by atomic mass is 10.0. The molecule has 0 spiro atoms. The van der Waals surface area contributed by atoms with E-state index < -0.39 is 6.04 Å². The van der Waals surface area contributed by atoms with Crippen molar-refractivity contribution >= 4 is 34.5 Å². The standard InChI is InChI=1S/C16H16N2O2S/c1-2-6-13-15(19)17-11-7-3-4-8-12(11)18(13)16(20)14-9-5-10-21-14/h3-5,7-10,13H,2,6H2,1H3,(H,17,19)/t13-/m0/s1. The van der Waals surface area contributed by atoms with Crippen molar-refractivity contribution in [2.75, 3.05) is 10.2 Å². The first kappa shape index (κ1) is 13.8. The normalized spacial score (nSPS) is 17.3. The van der Waals surface area contributed by atoms with Crippen molar-refractivity contribution in [3.63, 3.8) is 0 Å². The zero-order valence-corrected chi connectivity index (χ0v) is 12.5. The molecule has 1 aliphatic heterocycles. The number of hydrogen-bond donors (Lipinski definition) is 1. The third-order valence-corrected chi connectivity index (χ3v) is 4.41. The van der Waals surface area contributed by atoms with Gasteiger partial charge in [0.05, 0.1) is 16.3 Å². The number of carbonyl (C=O) groups is 2. The molecule has 0 radical (unpaired) electrons. The molecule has 0 aliphatic carbocycles. The average molecular weight is 300 g/mol. The Morgan fingerprint density at radius 2 is 2.10 bits per heavy atom. The van der Waals surface area contributed by atoms with E-state index >= 15 is 0 Å². The average Bonchev–Trinajstić information content (AvgIpc) is 3.02. The maximum Gasteiger partial charge on any atom is 0.269 e. The SMILES string of the molecule is CCC[C@H]1C(=O)Nc2ccccc2N1C(=O)c1cccs1. The molecular formula is C16H16N2O2S. The summed E-state index contributed by atoms with van der Waals surface area (Å²) in [4.78, 5) is 27.4. The number of fused-ring (bicyclic) bond motifs is 1. The van der Waals surface area contributed by atoms with Gasteiger partial charge in [-0.1, -0.05) is 31.5 Å². The third-order valence-electron chi connectivity index (χ3n) is 3.55. The molecule has 1 N–H and O–H groups in total. The Labute approximate surface area is 127 Å². The summed E-state index contributed by atoms with van der Waals surface area (Å²) in [6, 6.07) is 10.6. The Morgan fingerprint density at radius 3 is 2.81 bits per heavy atom. The molecule has 108 valence electrons. The molecule has 21 heavy (non-hydrogen) atoms. The van der Waals surface area contributed by atoms with Crippen LogP contribution in [0.3, 0.4) is 0 Å². The fourth-order valence-corrected chi connectivity index (χ4v) is 3.25. The molecule has 0 saturated carbocycles. The van der Waals surface area contributed by atoms with Crippen LogP contribution in [0.25, 0.3) is 0 Å². The van der Waals surface area contributed by atoms with E-state index in [1.807, 2.05) is 42.6 Å². The second kappa shape index (κ2) is 5.69. The van der Waals surface area contributed by atoms with Gasteiger partial charge in [0.2, 0.25) is 5.91 Å². The van der Waals surface area contributed by atoms with Crippen molar-refractivity contribution in [3.8, 4) is 0 Å². The monoisotopic (exact) mass is 300 g/mol. The molecule has 2 heterocycles. The first-order valence-corrected chi connectivity index (χ1v) is 7.87. The first-order chi connectivity index (χ1) is 10.2. The first-order valence-electron chi connectivity index (χ1n) is 6.99. The summed E-state index contributed by atoms with van der Waals surface area (Å²) >= 11 is 1.40. The fourth-order valence-electron chi connectivity index (χ4n) is 2.59. The van der Waals surface area contributed by atoms with E-state index in [2.05, 4.69) is 5.32 Å². The topological polar surface area (TPSA) is 49.4 Å². The van der Waals surface area contributed by atoms with Crippen molar-refractivity contribution < 1.29 is 9.59 Å². The quantitative estimate of drug-likeness (QED) is 0.943. The van der Waals surface area contributed by atoms with Gasteiger partial charge in [0, 0.05) is 0 Å². The lowest BCUT2D eigenvalue weighted by molar-refractivity contribution is -0.117. The van der Waals surface area contributed by atoms with Gasteiger partial charge >= 0.3 is 0 Å². The predicted octanol–water partition coefficient (Wildman–Crippen LogP) is 3.52. The number of hydrogen-bond acceptors (Lipinski definition) is 3. The highest BCUT2D eigenvalue weighted by Gasteiger charge is 2.36. The number of carbonyl (C=O) groups excluding carboxylic acids is 2. The van der Waals surface area contributed by atoms with Gasteiger partial charge in [-0.15, -0.1) is 11.3 Å². The fraction of sp³-hybridized carbons (Fsp3) is 0.250. The Bertz CT molecular complexity index is 667. The summed E-state index contributed by atoms with van der Waals surface area (Å²) in [5.41, 5.74) is 1.47. The highest BCUT2D eigenvalue weighted by molar-refractivity contribution is 7.12. The molecular weight excluding hydrogens is 284 g/mol. The second-order valence-corrected chi connectivity index (χ2v) is 5.91. The van der Waals surface area contributed by atoms with E-state index in [0.29, 0.717) is 17.0 Å². The summed E-state index contributed by atoms with van der Waals surface area (Å²) in [6.07, 6.45) is 1.49. The van der Waals surface area contributed by atoms with Gasteiger partial charge in [0.1, 0.15) is 6.04 Å². The molecule has 4 nitrogen and oxygen atoms in total. The Kier molecular flexibility index (Phi) is 3.75. The summed E-state index contributed by atoms with van der Waals surface area (Å²) in [5.74, 6) is -0.216. The van der Waals surface area contributed by atoms with Crippen LogP contribution in [0.4, 0.5) is 11.4 Å². The van der Waals surface area contributed by atoms with Crippen LogP contribution in [-0.4, -0.2) is 17.9 Å². The zero-order chi connectivity index (χ0) is 14.8. The maximum absolute atomic E-state index is 12.8. The van der Waals surface area contributed by atoms with Crippen molar-refractivity contribution in [2.24, 2.45) is 0 Å². The van der Waals surface area contributed by atoms with Gasteiger partial charge in [0.25, 0.3) is 5.91 Å². The molecule has 1 aliphatic rings. The number of para-hydroxylation sites is 2. The van der Waals surface area contributed by atoms with Gasteiger partial charge in [0.15, 0.2) is 0 Å². The minimum atomic E-state index is -0.445. The van der Waals surface area contributed by atoms with Crippen LogP contribution in [0.1, 0.15) is 29.4 Å². The molecule has 2 aromatic rings. The number of thiophene rings is 1. The molecule has 1 aromatic heterocycles. The van der Waals surface area contributed by atoms with Gasteiger partial charge in [-0.25, -0.2) is 0 Å². The number of amides is 2. The van der Waals surface area contributed by atoms with Gasteiger partial charge < -0.3 is 5.32 Å². The Hall–Kier alpha value is -2.14. The molecule has 1 aromatic carbocycles. The number of rotatable bonds is 3. The van der Waals surface area contributed by atoms with Crippen LogP contribution >= 0.6 is 11.3 Å². The highest BCUT2D eigenvalue weighted by atomic mass is 32.1. The predicted molar refractivity (Wildman–Crippen MR) is 84.9 cm³/mol. The smallest absolute Gasteiger partial charge is 0.269 e. The molecule has 1 atom stereocenters. The second-order valence-electron chi connectivity index (χ2n) is 4.96. The summed E-state index contributed by atoms with van der Waals surface area (Å²) in [5, 5.41) is 4.77. The van der Waals surface area contributed by atoms with E-state index in [9.17, 15) is 9.59 Å². The Morgan fingerprint density at radius 1 is 1.29 bits per heavy atom. The van der Waals surface area contributed by atoms with Crippen LogP contribution in [0, 0.1) is 0 Å². The van der Waals surface area contributed by atoms with Crippen LogP contribution in [0.2, 0.25) is 0 Å². The van der Waals surface area contributed by atoms with Gasteiger partial charge in [-0.05, 0) is 30.0 Å². The molecule has 2 amide bonds. The maximum atomic E-state index is 12.8. The molecule has 0 unspecified atom stereocenters. The lowest BCUT2D eigenvalue weighted by Gasteiger charge is -2.36. The van der Waals surface area contributed by atoms with E-state index in [1.165, 1.54) is 11.3 Å². The van der Waals surface area contributed by atoms with Crippen molar-refractivity contribution in [1.82, 2.24) is 0 Å². The third kappa shape index (κ3) is 2.45. The summed E-state index contributed by atoms with van der Waals surface area (Å²) < 4.78 is 0. The zero-order valence-electron chi connectivity index (χ0n) is 11.7. The lowest BCUT2D eigenvalue weighted by Crippen LogP contribution is -2.50. The van der Waals surface area contributed by atoms with Gasteiger partial charge in [-0.3, -0.25) is 14.5 Å². The van der Waals surface area contributed by atoms with E-state index in [4.69, 9.17) is 0 Å². The molecule has 0 fully saturated rings. The molecule has 0 bridgehead atoms. The van der Waals surface area contributed by atoms with E-state index in [-0.39, 0.29) is 11.8 Å². The van der Waals surface area contributed by atoms with Crippen LogP contribution < -0.4 is 10.2 Å². The largest absolute Gasteiger partial charge is 0.322 e. The number of nitrogens with zero attached hydrogens (tertiary/aromatic N) is 1.